The average molecular weight is 232 g/mol. The van der Waals surface area contributed by atoms with Crippen molar-refractivity contribution in [3.8, 4) is 0 Å². The van der Waals surface area contributed by atoms with Gasteiger partial charge in [0.2, 0.25) is 0 Å². The highest BCUT2D eigenvalue weighted by Crippen LogP contribution is 2.06. The zero-order valence-electron chi connectivity index (χ0n) is 8.95. The van der Waals surface area contributed by atoms with Crippen molar-refractivity contribution in [3.05, 3.63) is 41.5 Å². The van der Waals surface area contributed by atoms with Gasteiger partial charge in [-0.05, 0) is 11.6 Å². The highest BCUT2D eigenvalue weighted by Gasteiger charge is 1.99. The molecule has 0 spiro atoms. The Hall–Kier alpha value is -2.63. The van der Waals surface area contributed by atoms with Crippen molar-refractivity contribution in [1.29, 1.82) is 0 Å². The summed E-state index contributed by atoms with van der Waals surface area (Å²) in [7, 11) is 0. The molecule has 6 heteroatoms. The van der Waals surface area contributed by atoms with Crippen molar-refractivity contribution in [3.63, 3.8) is 0 Å². The molecule has 1 aromatic carbocycles. The molecule has 1 rings (SSSR count). The second-order valence-electron chi connectivity index (χ2n) is 3.09. The number of nitrogens with two attached hydrogens (primary N) is 2. The topological polar surface area (TPSA) is 114 Å². The van der Waals surface area contributed by atoms with E-state index in [0.29, 0.717) is 5.71 Å². The van der Waals surface area contributed by atoms with E-state index in [1.807, 2.05) is 0 Å². The Morgan fingerprint density at radius 1 is 1.24 bits per heavy atom. The molecule has 0 amide bonds. The van der Waals surface area contributed by atoms with Crippen LogP contribution in [0.25, 0.3) is 6.08 Å². The molecule has 0 unspecified atom stereocenters. The number of benzene rings is 1. The Kier molecular flexibility index (Phi) is 4.44. The highest BCUT2D eigenvalue weighted by atomic mass is 16.4. The summed E-state index contributed by atoms with van der Waals surface area (Å²) in [6.07, 6.45) is 3.89. The van der Waals surface area contributed by atoms with Crippen LogP contribution in [0.3, 0.4) is 0 Å². The summed E-state index contributed by atoms with van der Waals surface area (Å²) in [6, 6.07) is 6.97. The molecule has 5 N–H and O–H groups in total. The Morgan fingerprint density at radius 3 is 2.35 bits per heavy atom. The summed E-state index contributed by atoms with van der Waals surface area (Å²) in [5, 5.41) is 15.3. The predicted molar refractivity (Wildman–Crippen MR) is 66.5 cm³/mol. The van der Waals surface area contributed by atoms with E-state index in [4.69, 9.17) is 16.8 Å². The van der Waals surface area contributed by atoms with Gasteiger partial charge in [-0.1, -0.05) is 24.3 Å². The summed E-state index contributed by atoms with van der Waals surface area (Å²) in [5.41, 5.74) is 1.95. The van der Waals surface area contributed by atoms with Gasteiger partial charge in [0.25, 0.3) is 0 Å². The van der Waals surface area contributed by atoms with E-state index in [9.17, 15) is 4.79 Å². The lowest BCUT2D eigenvalue weighted by Crippen LogP contribution is -2.07. The number of carbonyl (C=O) groups is 1. The Labute approximate surface area is 97.9 Å². The first kappa shape index (κ1) is 12.4. The molecule has 0 saturated carbocycles. The molecule has 0 saturated heterocycles. The Bertz CT molecular complexity index is 475. The quantitative estimate of drug-likeness (QED) is 0.301. The zero-order valence-corrected chi connectivity index (χ0v) is 8.95. The van der Waals surface area contributed by atoms with Gasteiger partial charge in [0, 0.05) is 11.6 Å². The molecule has 0 bridgehead atoms. The normalized spacial score (nSPS) is 12.4. The van der Waals surface area contributed by atoms with E-state index >= 15 is 0 Å². The van der Waals surface area contributed by atoms with Gasteiger partial charge >= 0.3 is 5.97 Å². The van der Waals surface area contributed by atoms with Crippen molar-refractivity contribution in [2.24, 2.45) is 21.9 Å². The third-order valence-corrected chi connectivity index (χ3v) is 1.96. The van der Waals surface area contributed by atoms with Crippen LogP contribution < -0.4 is 11.7 Å². The van der Waals surface area contributed by atoms with Crippen LogP contribution in [-0.2, 0) is 4.79 Å². The summed E-state index contributed by atoms with van der Waals surface area (Å²) in [5.74, 6) is 9.19. The molecule has 0 radical (unpaired) electrons. The summed E-state index contributed by atoms with van der Waals surface area (Å²) < 4.78 is 0. The molecular formula is C11H12N4O2. The summed E-state index contributed by atoms with van der Waals surface area (Å²) in [6.45, 7) is 0. The number of carboxylic acids is 1. The van der Waals surface area contributed by atoms with Crippen LogP contribution in [0.15, 0.2) is 40.5 Å². The van der Waals surface area contributed by atoms with E-state index < -0.39 is 5.97 Å². The fraction of sp³-hybridized carbons (Fsp3) is 0. The molecular weight excluding hydrogens is 220 g/mol. The van der Waals surface area contributed by atoms with E-state index in [1.54, 1.807) is 24.3 Å². The molecule has 0 fully saturated rings. The molecule has 1 aromatic rings. The molecule has 6 nitrogen and oxygen atoms in total. The number of carboxylic acid groups (broad SMARTS) is 1. The molecule has 0 aliphatic rings. The molecule has 0 aliphatic carbocycles. The van der Waals surface area contributed by atoms with Crippen molar-refractivity contribution in [1.82, 2.24) is 0 Å². The number of nitrogens with zero attached hydrogens (tertiary/aromatic N) is 2. The minimum atomic E-state index is -0.992. The fourth-order valence-corrected chi connectivity index (χ4v) is 1.19. The Balaban J connectivity index is 2.91. The number of hydrazone groups is 2. The van der Waals surface area contributed by atoms with E-state index in [1.165, 1.54) is 12.3 Å². The minimum Gasteiger partial charge on any atom is -0.478 e. The van der Waals surface area contributed by atoms with Gasteiger partial charge in [0.1, 0.15) is 5.71 Å². The van der Waals surface area contributed by atoms with Crippen LogP contribution in [-0.4, -0.2) is 23.0 Å². The van der Waals surface area contributed by atoms with Crippen molar-refractivity contribution >= 4 is 24.0 Å². The maximum absolute atomic E-state index is 10.3. The monoisotopic (exact) mass is 232 g/mol. The van der Waals surface area contributed by atoms with Gasteiger partial charge < -0.3 is 16.8 Å². The minimum absolute atomic E-state index is 0.446. The van der Waals surface area contributed by atoms with E-state index in [0.717, 1.165) is 17.2 Å². The lowest BCUT2D eigenvalue weighted by Gasteiger charge is -1.99. The van der Waals surface area contributed by atoms with Crippen LogP contribution in [0, 0.1) is 0 Å². The van der Waals surface area contributed by atoms with E-state index in [2.05, 4.69) is 10.2 Å². The van der Waals surface area contributed by atoms with Crippen LogP contribution in [0.2, 0.25) is 0 Å². The Morgan fingerprint density at radius 2 is 1.88 bits per heavy atom. The van der Waals surface area contributed by atoms with Crippen LogP contribution in [0.1, 0.15) is 11.1 Å². The van der Waals surface area contributed by atoms with Crippen LogP contribution in [0.4, 0.5) is 0 Å². The van der Waals surface area contributed by atoms with Gasteiger partial charge in [-0.25, -0.2) is 4.79 Å². The molecule has 17 heavy (non-hydrogen) atoms. The number of hydrogen-bond acceptors (Lipinski definition) is 5. The van der Waals surface area contributed by atoms with Crippen molar-refractivity contribution in [2.45, 2.75) is 0 Å². The van der Waals surface area contributed by atoms with Crippen LogP contribution in [0.5, 0.6) is 0 Å². The lowest BCUT2D eigenvalue weighted by atomic mass is 10.1. The molecule has 0 aliphatic heterocycles. The third-order valence-electron chi connectivity index (χ3n) is 1.96. The fourth-order valence-electron chi connectivity index (χ4n) is 1.19. The smallest absolute Gasteiger partial charge is 0.328 e. The maximum Gasteiger partial charge on any atom is 0.328 e. The van der Waals surface area contributed by atoms with Gasteiger partial charge in [-0.3, -0.25) is 0 Å². The van der Waals surface area contributed by atoms with Gasteiger partial charge in [0.05, 0.1) is 6.21 Å². The maximum atomic E-state index is 10.3. The van der Waals surface area contributed by atoms with Gasteiger partial charge in [-0.15, -0.1) is 0 Å². The first-order valence-electron chi connectivity index (χ1n) is 4.70. The SMILES string of the molecule is NN=CC(=NN)c1ccc(C=CC(=O)O)cc1. The highest BCUT2D eigenvalue weighted by molar-refractivity contribution is 6.38. The second kappa shape index (κ2) is 6.06. The zero-order chi connectivity index (χ0) is 12.7. The van der Waals surface area contributed by atoms with Crippen molar-refractivity contribution < 1.29 is 9.90 Å². The first-order valence-corrected chi connectivity index (χ1v) is 4.70. The number of rotatable bonds is 4. The summed E-state index contributed by atoms with van der Waals surface area (Å²) in [4.78, 5) is 10.3. The third kappa shape index (κ3) is 3.78. The molecule has 0 aromatic heterocycles. The second-order valence-corrected chi connectivity index (χ2v) is 3.09. The average Bonchev–Trinajstić information content (AvgIpc) is 2.34. The molecule has 88 valence electrons. The predicted octanol–water partition coefficient (Wildman–Crippen LogP) is 0.392. The van der Waals surface area contributed by atoms with Gasteiger partial charge in [0.15, 0.2) is 0 Å². The van der Waals surface area contributed by atoms with Gasteiger partial charge in [-0.2, -0.15) is 10.2 Å². The lowest BCUT2D eigenvalue weighted by molar-refractivity contribution is -0.131. The number of hydrogen-bond donors (Lipinski definition) is 3. The summed E-state index contributed by atoms with van der Waals surface area (Å²) >= 11 is 0. The van der Waals surface area contributed by atoms with Crippen LogP contribution >= 0.6 is 0 Å². The number of aliphatic carboxylic acids is 1. The standard InChI is InChI=1S/C11H12N4O2/c12-14-7-10(15-13)9-4-1-8(2-5-9)3-6-11(16)17/h1-7H,12-13H2,(H,16,17). The molecule has 0 heterocycles. The first-order chi connectivity index (χ1) is 8.17. The largest absolute Gasteiger partial charge is 0.478 e. The van der Waals surface area contributed by atoms with Crippen molar-refractivity contribution in [2.75, 3.05) is 0 Å². The molecule has 0 atom stereocenters. The van der Waals surface area contributed by atoms with E-state index in [-0.39, 0.29) is 0 Å².